The van der Waals surface area contributed by atoms with Crippen molar-refractivity contribution in [3.05, 3.63) is 35.4 Å². The van der Waals surface area contributed by atoms with E-state index in [0.717, 1.165) is 18.9 Å². The number of benzene rings is 1. The van der Waals surface area contributed by atoms with Gasteiger partial charge in [-0.15, -0.1) is 0 Å². The van der Waals surface area contributed by atoms with Gasteiger partial charge in [-0.2, -0.15) is 0 Å². The summed E-state index contributed by atoms with van der Waals surface area (Å²) in [5.41, 5.74) is 2.88. The van der Waals surface area contributed by atoms with Crippen LogP contribution in [0.4, 0.5) is 0 Å². The molecule has 1 nitrogen and oxygen atoms in total. The molecular weight excluding hydrogens is 206 g/mol. The molecule has 1 heteroatoms. The van der Waals surface area contributed by atoms with Crippen LogP contribution in [0, 0.1) is 12.8 Å². The van der Waals surface area contributed by atoms with Crippen LogP contribution in [-0.4, -0.2) is 12.6 Å². The van der Waals surface area contributed by atoms with Crippen molar-refractivity contribution in [1.82, 2.24) is 5.32 Å². The van der Waals surface area contributed by atoms with Crippen LogP contribution in [0.1, 0.15) is 44.7 Å². The number of rotatable bonds is 7. The van der Waals surface area contributed by atoms with Crippen molar-refractivity contribution in [2.75, 3.05) is 6.54 Å². The minimum absolute atomic E-state index is 0.566. The standard InChI is InChI=1S/C16H27N/c1-5-15(6-2)12-17-14(4)11-16-10-8-7-9-13(16)3/h7-10,14-15,17H,5-6,11-12H2,1-4H3. The summed E-state index contributed by atoms with van der Waals surface area (Å²) < 4.78 is 0. The summed E-state index contributed by atoms with van der Waals surface area (Å²) in [5, 5.41) is 3.66. The molecule has 1 unspecified atom stereocenters. The van der Waals surface area contributed by atoms with Crippen LogP contribution in [0.15, 0.2) is 24.3 Å². The summed E-state index contributed by atoms with van der Waals surface area (Å²) in [6, 6.07) is 9.25. The number of hydrogen-bond acceptors (Lipinski definition) is 1. The predicted molar refractivity (Wildman–Crippen MR) is 76.4 cm³/mol. The predicted octanol–water partition coefficient (Wildman–Crippen LogP) is 3.95. The molecule has 0 bridgehead atoms. The number of aryl methyl sites for hydroxylation is 1. The van der Waals surface area contributed by atoms with Crippen LogP contribution < -0.4 is 5.32 Å². The molecule has 0 radical (unpaired) electrons. The second kappa shape index (κ2) is 7.50. The summed E-state index contributed by atoms with van der Waals surface area (Å²) >= 11 is 0. The molecule has 0 amide bonds. The van der Waals surface area contributed by atoms with Crippen molar-refractivity contribution in [3.63, 3.8) is 0 Å². The van der Waals surface area contributed by atoms with Gasteiger partial charge in [-0.3, -0.25) is 0 Å². The fourth-order valence-corrected chi connectivity index (χ4v) is 2.19. The minimum Gasteiger partial charge on any atom is -0.314 e. The molecular formula is C16H27N. The highest BCUT2D eigenvalue weighted by atomic mass is 14.9. The third-order valence-corrected chi connectivity index (χ3v) is 3.70. The Morgan fingerprint density at radius 2 is 1.76 bits per heavy atom. The van der Waals surface area contributed by atoms with Crippen molar-refractivity contribution in [3.8, 4) is 0 Å². The Labute approximate surface area is 107 Å². The summed E-state index contributed by atoms with van der Waals surface area (Å²) in [6.07, 6.45) is 3.69. The highest BCUT2D eigenvalue weighted by Crippen LogP contribution is 2.11. The fourth-order valence-electron chi connectivity index (χ4n) is 2.19. The maximum absolute atomic E-state index is 3.66. The average Bonchev–Trinajstić information content (AvgIpc) is 2.33. The number of hydrogen-bond donors (Lipinski definition) is 1. The highest BCUT2D eigenvalue weighted by molar-refractivity contribution is 5.26. The van der Waals surface area contributed by atoms with Crippen molar-refractivity contribution < 1.29 is 0 Å². The lowest BCUT2D eigenvalue weighted by atomic mass is 10.00. The summed E-state index contributed by atoms with van der Waals surface area (Å²) in [4.78, 5) is 0. The van der Waals surface area contributed by atoms with Gasteiger partial charge in [0, 0.05) is 6.04 Å². The smallest absolute Gasteiger partial charge is 0.00793 e. The third kappa shape index (κ3) is 4.91. The number of nitrogens with one attached hydrogen (secondary N) is 1. The first-order valence-electron chi connectivity index (χ1n) is 6.95. The molecule has 1 aromatic carbocycles. The van der Waals surface area contributed by atoms with E-state index in [1.165, 1.54) is 24.0 Å². The molecule has 0 saturated carbocycles. The van der Waals surface area contributed by atoms with E-state index in [0.29, 0.717) is 6.04 Å². The van der Waals surface area contributed by atoms with Crippen molar-refractivity contribution in [1.29, 1.82) is 0 Å². The molecule has 0 aliphatic rings. The van der Waals surface area contributed by atoms with E-state index in [-0.39, 0.29) is 0 Å². The normalized spacial score (nSPS) is 13.0. The van der Waals surface area contributed by atoms with Crippen molar-refractivity contribution in [2.24, 2.45) is 5.92 Å². The lowest BCUT2D eigenvalue weighted by molar-refractivity contribution is 0.416. The lowest BCUT2D eigenvalue weighted by Crippen LogP contribution is -2.32. The topological polar surface area (TPSA) is 12.0 Å². The Bertz CT molecular complexity index is 315. The molecule has 0 aromatic heterocycles. The molecule has 1 N–H and O–H groups in total. The SMILES string of the molecule is CCC(CC)CNC(C)Cc1ccccc1C. The third-order valence-electron chi connectivity index (χ3n) is 3.70. The molecule has 96 valence electrons. The molecule has 1 rings (SSSR count). The van der Waals surface area contributed by atoms with Crippen LogP contribution in [0.3, 0.4) is 0 Å². The molecule has 0 aliphatic heterocycles. The second-order valence-electron chi connectivity index (χ2n) is 5.12. The first-order chi connectivity index (χ1) is 8.17. The lowest BCUT2D eigenvalue weighted by Gasteiger charge is -2.19. The Hall–Kier alpha value is -0.820. The Morgan fingerprint density at radius 1 is 1.12 bits per heavy atom. The molecule has 0 fully saturated rings. The van der Waals surface area contributed by atoms with E-state index in [2.05, 4.69) is 57.3 Å². The largest absolute Gasteiger partial charge is 0.314 e. The molecule has 0 aliphatic carbocycles. The maximum atomic E-state index is 3.66. The van der Waals surface area contributed by atoms with E-state index in [1.54, 1.807) is 0 Å². The zero-order valence-electron chi connectivity index (χ0n) is 11.8. The molecule has 17 heavy (non-hydrogen) atoms. The van der Waals surface area contributed by atoms with Crippen LogP contribution >= 0.6 is 0 Å². The summed E-state index contributed by atoms with van der Waals surface area (Å²) in [6.45, 7) is 10.2. The van der Waals surface area contributed by atoms with Crippen LogP contribution in [0.2, 0.25) is 0 Å². The van der Waals surface area contributed by atoms with Crippen molar-refractivity contribution in [2.45, 2.75) is 53.0 Å². The van der Waals surface area contributed by atoms with E-state index < -0.39 is 0 Å². The monoisotopic (exact) mass is 233 g/mol. The van der Waals surface area contributed by atoms with E-state index in [4.69, 9.17) is 0 Å². The highest BCUT2D eigenvalue weighted by Gasteiger charge is 2.08. The van der Waals surface area contributed by atoms with Gasteiger partial charge in [0.15, 0.2) is 0 Å². The molecule has 0 heterocycles. The zero-order chi connectivity index (χ0) is 12.7. The quantitative estimate of drug-likeness (QED) is 0.752. The zero-order valence-corrected chi connectivity index (χ0v) is 11.8. The van der Waals surface area contributed by atoms with Gasteiger partial charge in [0.05, 0.1) is 0 Å². The van der Waals surface area contributed by atoms with Gasteiger partial charge < -0.3 is 5.32 Å². The Balaban J connectivity index is 2.39. The summed E-state index contributed by atoms with van der Waals surface area (Å²) in [5.74, 6) is 0.828. The van der Waals surface area contributed by atoms with Gasteiger partial charge >= 0.3 is 0 Å². The fraction of sp³-hybridized carbons (Fsp3) is 0.625. The van der Waals surface area contributed by atoms with Crippen molar-refractivity contribution >= 4 is 0 Å². The van der Waals surface area contributed by atoms with Gasteiger partial charge in [0.1, 0.15) is 0 Å². The maximum Gasteiger partial charge on any atom is 0.00793 e. The minimum atomic E-state index is 0.566. The van der Waals surface area contributed by atoms with Gasteiger partial charge in [-0.25, -0.2) is 0 Å². The molecule has 0 spiro atoms. The van der Waals surface area contributed by atoms with Crippen LogP contribution in [0.25, 0.3) is 0 Å². The molecule has 1 aromatic rings. The molecule has 0 saturated heterocycles. The van der Waals surface area contributed by atoms with Gasteiger partial charge in [-0.05, 0) is 43.9 Å². The first kappa shape index (κ1) is 14.2. The molecule has 1 atom stereocenters. The average molecular weight is 233 g/mol. The summed E-state index contributed by atoms with van der Waals surface area (Å²) in [7, 11) is 0. The van der Waals surface area contributed by atoms with Crippen LogP contribution in [0.5, 0.6) is 0 Å². The van der Waals surface area contributed by atoms with Gasteiger partial charge in [0.25, 0.3) is 0 Å². The van der Waals surface area contributed by atoms with Crippen LogP contribution in [-0.2, 0) is 6.42 Å². The van der Waals surface area contributed by atoms with E-state index in [1.807, 2.05) is 0 Å². The second-order valence-corrected chi connectivity index (χ2v) is 5.12. The van der Waals surface area contributed by atoms with Gasteiger partial charge in [-0.1, -0.05) is 51.0 Å². The Morgan fingerprint density at radius 3 is 2.35 bits per heavy atom. The first-order valence-corrected chi connectivity index (χ1v) is 6.95. The Kier molecular flexibility index (Phi) is 6.28. The van der Waals surface area contributed by atoms with Gasteiger partial charge in [0.2, 0.25) is 0 Å². The van der Waals surface area contributed by atoms with E-state index >= 15 is 0 Å². The van der Waals surface area contributed by atoms with E-state index in [9.17, 15) is 0 Å².